The van der Waals surface area contributed by atoms with Gasteiger partial charge in [-0.2, -0.15) is 9.40 Å². The quantitative estimate of drug-likeness (QED) is 0.469. The van der Waals surface area contributed by atoms with Crippen LogP contribution in [0.25, 0.3) is 15.9 Å². The lowest BCUT2D eigenvalue weighted by molar-refractivity contribution is 0.0730. The standard InChI is InChI=1S/C23H22N4O4S2/c1-16-20-15-21(32-23(20)27(25-16)18-5-3-2-4-6-18)22(28)24-17-7-9-19(10-8-17)33(29,30)26-11-13-31-14-12-26/h2-10,15H,11-14H2,1H3,(H,24,28). The Morgan fingerprint density at radius 3 is 2.45 bits per heavy atom. The molecular weight excluding hydrogens is 460 g/mol. The molecule has 3 heterocycles. The van der Waals surface area contributed by atoms with Crippen molar-refractivity contribution in [3.05, 3.63) is 71.2 Å². The van der Waals surface area contributed by atoms with Crippen LogP contribution in [0.2, 0.25) is 0 Å². The Kier molecular flexibility index (Phi) is 5.75. The molecule has 0 spiro atoms. The maximum absolute atomic E-state index is 12.9. The van der Waals surface area contributed by atoms with Crippen LogP contribution in [0.15, 0.2) is 65.6 Å². The number of sulfonamides is 1. The number of hydrogen-bond donors (Lipinski definition) is 1. The number of nitrogens with zero attached hydrogens (tertiary/aromatic N) is 3. The predicted molar refractivity (Wildman–Crippen MR) is 128 cm³/mol. The van der Waals surface area contributed by atoms with Gasteiger partial charge in [-0.25, -0.2) is 13.1 Å². The summed E-state index contributed by atoms with van der Waals surface area (Å²) >= 11 is 1.37. The van der Waals surface area contributed by atoms with Gasteiger partial charge >= 0.3 is 0 Å². The highest BCUT2D eigenvalue weighted by Gasteiger charge is 2.26. The van der Waals surface area contributed by atoms with Crippen LogP contribution in [0.5, 0.6) is 0 Å². The van der Waals surface area contributed by atoms with E-state index in [1.54, 1.807) is 12.1 Å². The molecule has 8 nitrogen and oxygen atoms in total. The van der Waals surface area contributed by atoms with Crippen molar-refractivity contribution in [1.82, 2.24) is 14.1 Å². The number of para-hydroxylation sites is 1. The Morgan fingerprint density at radius 1 is 1.06 bits per heavy atom. The van der Waals surface area contributed by atoms with Gasteiger partial charge in [0.15, 0.2) is 0 Å². The van der Waals surface area contributed by atoms with Gasteiger partial charge in [-0.05, 0) is 49.4 Å². The summed E-state index contributed by atoms with van der Waals surface area (Å²) in [5.41, 5.74) is 2.31. The van der Waals surface area contributed by atoms with Crippen molar-refractivity contribution in [3.8, 4) is 5.69 Å². The van der Waals surface area contributed by atoms with E-state index in [0.29, 0.717) is 36.9 Å². The zero-order valence-corrected chi connectivity index (χ0v) is 19.5. The van der Waals surface area contributed by atoms with Gasteiger partial charge in [-0.3, -0.25) is 4.79 Å². The average Bonchev–Trinajstić information content (AvgIpc) is 3.41. The number of morpholine rings is 1. The van der Waals surface area contributed by atoms with Crippen LogP contribution in [0.4, 0.5) is 5.69 Å². The molecule has 0 aliphatic carbocycles. The van der Waals surface area contributed by atoms with Gasteiger partial charge < -0.3 is 10.1 Å². The molecule has 2 aromatic carbocycles. The summed E-state index contributed by atoms with van der Waals surface area (Å²) < 4.78 is 34.0. The number of benzene rings is 2. The Hall–Kier alpha value is -3.05. The molecule has 0 radical (unpaired) electrons. The smallest absolute Gasteiger partial charge is 0.265 e. The Balaban J connectivity index is 1.35. The molecule has 2 aromatic heterocycles. The summed E-state index contributed by atoms with van der Waals surface area (Å²) in [5.74, 6) is -0.251. The van der Waals surface area contributed by atoms with E-state index in [-0.39, 0.29) is 10.8 Å². The molecule has 33 heavy (non-hydrogen) atoms. The van der Waals surface area contributed by atoms with E-state index in [1.807, 2.05) is 48.0 Å². The van der Waals surface area contributed by atoms with Crippen molar-refractivity contribution < 1.29 is 17.9 Å². The molecule has 4 aromatic rings. The summed E-state index contributed by atoms with van der Waals surface area (Å²) in [4.78, 5) is 14.6. The molecule has 1 aliphatic heterocycles. The minimum absolute atomic E-state index is 0.197. The fraction of sp³-hybridized carbons (Fsp3) is 0.217. The summed E-state index contributed by atoms with van der Waals surface area (Å²) in [7, 11) is -3.57. The van der Waals surface area contributed by atoms with Crippen molar-refractivity contribution in [2.75, 3.05) is 31.6 Å². The van der Waals surface area contributed by atoms with Crippen molar-refractivity contribution in [2.45, 2.75) is 11.8 Å². The highest BCUT2D eigenvalue weighted by Crippen LogP contribution is 2.31. The van der Waals surface area contributed by atoms with Crippen molar-refractivity contribution in [3.63, 3.8) is 0 Å². The maximum atomic E-state index is 12.9. The normalized spacial score (nSPS) is 15.1. The molecule has 170 valence electrons. The van der Waals surface area contributed by atoms with E-state index in [2.05, 4.69) is 10.4 Å². The SMILES string of the molecule is Cc1nn(-c2ccccc2)c2sc(C(=O)Nc3ccc(S(=O)(=O)N4CCOCC4)cc3)cc12. The number of hydrogen-bond acceptors (Lipinski definition) is 6. The Morgan fingerprint density at radius 2 is 1.76 bits per heavy atom. The summed E-state index contributed by atoms with van der Waals surface area (Å²) in [6, 6.07) is 17.9. The first kappa shape index (κ1) is 21.8. The molecule has 0 saturated carbocycles. The monoisotopic (exact) mass is 482 g/mol. The molecule has 0 atom stereocenters. The number of amides is 1. The number of anilines is 1. The van der Waals surface area contributed by atoms with E-state index < -0.39 is 10.0 Å². The molecule has 0 bridgehead atoms. The number of thiophene rings is 1. The average molecular weight is 483 g/mol. The zero-order valence-electron chi connectivity index (χ0n) is 17.9. The minimum Gasteiger partial charge on any atom is -0.379 e. The second-order valence-corrected chi connectivity index (χ2v) is 10.6. The highest BCUT2D eigenvalue weighted by atomic mass is 32.2. The van der Waals surface area contributed by atoms with E-state index in [4.69, 9.17) is 4.74 Å². The fourth-order valence-corrected chi connectivity index (χ4v) is 6.23. The lowest BCUT2D eigenvalue weighted by Crippen LogP contribution is -2.40. The summed E-state index contributed by atoms with van der Waals surface area (Å²) in [6.07, 6.45) is 0. The van der Waals surface area contributed by atoms with Crippen molar-refractivity contribution in [2.24, 2.45) is 0 Å². The van der Waals surface area contributed by atoms with E-state index in [9.17, 15) is 13.2 Å². The number of rotatable bonds is 5. The van der Waals surface area contributed by atoms with Crippen LogP contribution in [0.1, 0.15) is 15.4 Å². The number of aryl methyl sites for hydroxylation is 1. The van der Waals surface area contributed by atoms with Gasteiger partial charge in [0.05, 0.1) is 34.4 Å². The molecule has 1 saturated heterocycles. The first-order valence-corrected chi connectivity index (χ1v) is 12.7. The van der Waals surface area contributed by atoms with Crippen LogP contribution >= 0.6 is 11.3 Å². The minimum atomic E-state index is -3.57. The van der Waals surface area contributed by atoms with Crippen LogP contribution < -0.4 is 5.32 Å². The van der Waals surface area contributed by atoms with Gasteiger partial charge in [-0.15, -0.1) is 11.3 Å². The topological polar surface area (TPSA) is 93.5 Å². The van der Waals surface area contributed by atoms with Crippen LogP contribution in [-0.2, 0) is 14.8 Å². The van der Waals surface area contributed by atoms with Gasteiger partial charge in [-0.1, -0.05) is 18.2 Å². The highest BCUT2D eigenvalue weighted by molar-refractivity contribution is 7.89. The molecule has 0 unspecified atom stereocenters. The largest absolute Gasteiger partial charge is 0.379 e. The van der Waals surface area contributed by atoms with Gasteiger partial charge in [0.2, 0.25) is 10.0 Å². The zero-order chi connectivity index (χ0) is 23.0. The third-order valence-electron chi connectivity index (χ3n) is 5.49. The summed E-state index contributed by atoms with van der Waals surface area (Å²) in [5, 5.41) is 8.39. The molecule has 10 heteroatoms. The number of nitrogens with one attached hydrogen (secondary N) is 1. The third-order valence-corrected chi connectivity index (χ3v) is 8.51. The van der Waals surface area contributed by atoms with E-state index in [1.165, 1.54) is 27.8 Å². The Labute approximate surface area is 195 Å². The maximum Gasteiger partial charge on any atom is 0.265 e. The molecule has 1 fully saturated rings. The first-order chi connectivity index (χ1) is 15.9. The van der Waals surface area contributed by atoms with Gasteiger partial charge in [0.1, 0.15) is 4.83 Å². The molecule has 1 amide bonds. The number of carbonyl (C=O) groups excluding carboxylic acids is 1. The number of fused-ring (bicyclic) bond motifs is 1. The molecular formula is C23H22N4O4S2. The second kappa shape index (κ2) is 8.71. The van der Waals surface area contributed by atoms with Crippen LogP contribution in [0.3, 0.4) is 0 Å². The van der Waals surface area contributed by atoms with Crippen molar-refractivity contribution in [1.29, 1.82) is 0 Å². The van der Waals surface area contributed by atoms with Crippen LogP contribution in [-0.4, -0.2) is 54.7 Å². The second-order valence-electron chi connectivity index (χ2n) is 7.66. The predicted octanol–water partition coefficient (Wildman–Crippen LogP) is 3.67. The molecule has 1 aliphatic rings. The number of aromatic nitrogens is 2. The number of carbonyl (C=O) groups is 1. The fourth-order valence-electron chi connectivity index (χ4n) is 3.74. The van der Waals surface area contributed by atoms with Gasteiger partial charge in [0.25, 0.3) is 5.91 Å². The number of ether oxygens (including phenoxy) is 1. The summed E-state index contributed by atoms with van der Waals surface area (Å²) in [6.45, 7) is 3.39. The molecule has 5 rings (SSSR count). The first-order valence-electron chi connectivity index (χ1n) is 10.5. The molecule has 1 N–H and O–H groups in total. The lowest BCUT2D eigenvalue weighted by Gasteiger charge is -2.26. The van der Waals surface area contributed by atoms with E-state index in [0.717, 1.165) is 21.6 Å². The lowest BCUT2D eigenvalue weighted by atomic mass is 10.3. The van der Waals surface area contributed by atoms with Crippen LogP contribution in [0, 0.1) is 6.92 Å². The third kappa shape index (κ3) is 4.18. The van der Waals surface area contributed by atoms with Crippen molar-refractivity contribution >= 4 is 43.2 Å². The Bertz CT molecular complexity index is 1400. The van der Waals surface area contributed by atoms with E-state index >= 15 is 0 Å². The van der Waals surface area contributed by atoms with Gasteiger partial charge in [0, 0.05) is 24.2 Å².